The van der Waals surface area contributed by atoms with Crippen molar-refractivity contribution in [1.82, 2.24) is 5.32 Å². The second-order valence-electron chi connectivity index (χ2n) is 7.64. The first-order valence-electron chi connectivity index (χ1n) is 8.78. The van der Waals surface area contributed by atoms with Crippen LogP contribution < -0.4 is 10.6 Å². The molecule has 0 radical (unpaired) electrons. The van der Waals surface area contributed by atoms with Crippen molar-refractivity contribution in [2.24, 2.45) is 0 Å². The normalized spacial score (nSPS) is 16.6. The summed E-state index contributed by atoms with van der Waals surface area (Å²) in [6, 6.07) is 18.5. The fourth-order valence-electron chi connectivity index (χ4n) is 3.23. The molecule has 2 aromatic carbocycles. The number of carbonyl (C=O) groups excluding carboxylic acids is 1. The fraction of sp³-hybridized carbons (Fsp3) is 0.227. The van der Waals surface area contributed by atoms with Gasteiger partial charge in [0.05, 0.1) is 5.56 Å². The Balaban J connectivity index is 1.63. The summed E-state index contributed by atoms with van der Waals surface area (Å²) < 4.78 is 0. The standard InChI is InChI=1S/C22H22N2OS/c1-22(2,3)16-11-9-15(10-12-16)19-23-20(25)18-17(13-26-21(18)24-19)14-7-5-4-6-8-14/h4-13,19,24H,1-3H3,(H,23,25). The van der Waals surface area contributed by atoms with Crippen LogP contribution in [0.1, 0.15) is 48.4 Å². The molecule has 1 atom stereocenters. The Labute approximate surface area is 158 Å². The van der Waals surface area contributed by atoms with Crippen molar-refractivity contribution in [3.63, 3.8) is 0 Å². The van der Waals surface area contributed by atoms with Crippen LogP contribution in [0.4, 0.5) is 5.00 Å². The third-order valence-corrected chi connectivity index (χ3v) is 5.68. The van der Waals surface area contributed by atoms with Gasteiger partial charge in [0.15, 0.2) is 0 Å². The lowest BCUT2D eigenvalue weighted by atomic mass is 9.86. The highest BCUT2D eigenvalue weighted by Gasteiger charge is 2.29. The summed E-state index contributed by atoms with van der Waals surface area (Å²) in [6.07, 6.45) is -0.203. The number of nitrogens with one attached hydrogen (secondary N) is 2. The predicted molar refractivity (Wildman–Crippen MR) is 109 cm³/mol. The summed E-state index contributed by atoms with van der Waals surface area (Å²) in [4.78, 5) is 12.8. The molecule has 4 heteroatoms. The van der Waals surface area contributed by atoms with Crippen molar-refractivity contribution in [3.8, 4) is 11.1 Å². The predicted octanol–water partition coefficient (Wildman–Crippen LogP) is 5.57. The summed E-state index contributed by atoms with van der Waals surface area (Å²) in [7, 11) is 0. The van der Waals surface area contributed by atoms with E-state index in [0.717, 1.165) is 27.3 Å². The topological polar surface area (TPSA) is 41.1 Å². The molecule has 2 N–H and O–H groups in total. The summed E-state index contributed by atoms with van der Waals surface area (Å²) in [5, 5.41) is 9.56. The van der Waals surface area contributed by atoms with Crippen LogP contribution in [-0.4, -0.2) is 5.91 Å². The van der Waals surface area contributed by atoms with Gasteiger partial charge in [0.1, 0.15) is 11.2 Å². The molecule has 1 aliphatic heterocycles. The average molecular weight is 362 g/mol. The average Bonchev–Trinajstić information content (AvgIpc) is 3.06. The third-order valence-electron chi connectivity index (χ3n) is 4.76. The number of amides is 1. The van der Waals surface area contributed by atoms with E-state index >= 15 is 0 Å². The highest BCUT2D eigenvalue weighted by atomic mass is 32.1. The number of thiophene rings is 1. The maximum atomic E-state index is 12.8. The molecular weight excluding hydrogens is 340 g/mol. The second kappa shape index (κ2) is 6.29. The molecule has 1 unspecified atom stereocenters. The number of anilines is 1. The zero-order valence-electron chi connectivity index (χ0n) is 15.2. The molecule has 3 nitrogen and oxygen atoms in total. The molecule has 0 saturated heterocycles. The lowest BCUT2D eigenvalue weighted by Gasteiger charge is -2.27. The van der Waals surface area contributed by atoms with Crippen molar-refractivity contribution in [2.75, 3.05) is 5.32 Å². The first-order chi connectivity index (χ1) is 12.4. The molecule has 0 fully saturated rings. The molecule has 3 aromatic rings. The Kier molecular flexibility index (Phi) is 4.08. The minimum Gasteiger partial charge on any atom is -0.353 e. The lowest BCUT2D eigenvalue weighted by molar-refractivity contribution is 0.0937. The van der Waals surface area contributed by atoms with Gasteiger partial charge >= 0.3 is 0 Å². The second-order valence-corrected chi connectivity index (χ2v) is 8.52. The summed E-state index contributed by atoms with van der Waals surface area (Å²) >= 11 is 1.58. The zero-order chi connectivity index (χ0) is 18.3. The first kappa shape index (κ1) is 16.9. The molecule has 26 heavy (non-hydrogen) atoms. The molecule has 1 aromatic heterocycles. The Morgan fingerprint density at radius 2 is 1.62 bits per heavy atom. The zero-order valence-corrected chi connectivity index (χ0v) is 16.0. The van der Waals surface area contributed by atoms with Crippen LogP contribution in [0.25, 0.3) is 11.1 Å². The Morgan fingerprint density at radius 3 is 2.27 bits per heavy atom. The largest absolute Gasteiger partial charge is 0.353 e. The van der Waals surface area contributed by atoms with Crippen molar-refractivity contribution < 1.29 is 4.79 Å². The molecule has 2 heterocycles. The number of carbonyl (C=O) groups is 1. The molecule has 0 bridgehead atoms. The summed E-state index contributed by atoms with van der Waals surface area (Å²) in [6.45, 7) is 6.60. The van der Waals surface area contributed by atoms with Gasteiger partial charge in [0.2, 0.25) is 0 Å². The van der Waals surface area contributed by atoms with E-state index < -0.39 is 0 Å². The Bertz CT molecular complexity index is 937. The van der Waals surface area contributed by atoms with Gasteiger partial charge < -0.3 is 10.6 Å². The minimum atomic E-state index is -0.203. The van der Waals surface area contributed by atoms with E-state index in [1.54, 1.807) is 11.3 Å². The smallest absolute Gasteiger partial charge is 0.256 e. The number of rotatable bonds is 2. The highest BCUT2D eigenvalue weighted by Crippen LogP contribution is 2.39. The minimum absolute atomic E-state index is 0.0243. The molecule has 0 saturated carbocycles. The summed E-state index contributed by atoms with van der Waals surface area (Å²) in [5.41, 5.74) is 5.25. The van der Waals surface area contributed by atoms with E-state index in [0.29, 0.717) is 0 Å². The van der Waals surface area contributed by atoms with Gasteiger partial charge in [-0.3, -0.25) is 4.79 Å². The van der Waals surface area contributed by atoms with E-state index in [-0.39, 0.29) is 17.5 Å². The van der Waals surface area contributed by atoms with Crippen LogP contribution in [0.15, 0.2) is 60.0 Å². The van der Waals surface area contributed by atoms with Crippen LogP contribution in [0, 0.1) is 0 Å². The molecule has 4 rings (SSSR count). The van der Waals surface area contributed by atoms with Crippen LogP contribution in [0.3, 0.4) is 0 Å². The lowest BCUT2D eigenvalue weighted by Crippen LogP contribution is -2.38. The maximum Gasteiger partial charge on any atom is 0.256 e. The monoisotopic (exact) mass is 362 g/mol. The first-order valence-corrected chi connectivity index (χ1v) is 9.66. The van der Waals surface area contributed by atoms with Crippen molar-refractivity contribution in [2.45, 2.75) is 32.4 Å². The van der Waals surface area contributed by atoms with Crippen molar-refractivity contribution in [1.29, 1.82) is 0 Å². The number of fused-ring (bicyclic) bond motifs is 1. The van der Waals surface area contributed by atoms with Crippen LogP contribution >= 0.6 is 11.3 Å². The number of benzene rings is 2. The van der Waals surface area contributed by atoms with Crippen LogP contribution in [0.2, 0.25) is 0 Å². The van der Waals surface area contributed by atoms with Crippen LogP contribution in [0.5, 0.6) is 0 Å². The highest BCUT2D eigenvalue weighted by molar-refractivity contribution is 7.15. The van der Waals surface area contributed by atoms with Gasteiger partial charge in [-0.05, 0) is 22.1 Å². The van der Waals surface area contributed by atoms with Gasteiger partial charge in [-0.1, -0.05) is 75.4 Å². The quantitative estimate of drug-likeness (QED) is 0.626. The summed E-state index contributed by atoms with van der Waals surface area (Å²) in [5.74, 6) is -0.0243. The molecule has 0 aliphatic carbocycles. The van der Waals surface area contributed by atoms with E-state index in [4.69, 9.17) is 0 Å². The van der Waals surface area contributed by atoms with Crippen molar-refractivity contribution in [3.05, 3.63) is 76.7 Å². The Hall–Kier alpha value is -2.59. The maximum absolute atomic E-state index is 12.8. The third kappa shape index (κ3) is 3.01. The van der Waals surface area contributed by atoms with Gasteiger partial charge in [-0.15, -0.1) is 11.3 Å². The molecule has 0 spiro atoms. The number of hydrogen-bond donors (Lipinski definition) is 2. The fourth-order valence-corrected chi connectivity index (χ4v) is 4.23. The van der Waals surface area contributed by atoms with E-state index in [1.165, 1.54) is 5.56 Å². The van der Waals surface area contributed by atoms with Gasteiger partial charge in [0.25, 0.3) is 5.91 Å². The van der Waals surface area contributed by atoms with Crippen LogP contribution in [-0.2, 0) is 5.41 Å². The number of hydrogen-bond acceptors (Lipinski definition) is 3. The van der Waals surface area contributed by atoms with Gasteiger partial charge in [0, 0.05) is 10.9 Å². The van der Waals surface area contributed by atoms with Gasteiger partial charge in [-0.25, -0.2) is 0 Å². The van der Waals surface area contributed by atoms with E-state index in [2.05, 4.69) is 61.1 Å². The SMILES string of the molecule is CC(C)(C)c1ccc(C2NC(=O)c3c(-c4ccccc4)csc3N2)cc1. The molecule has 1 amide bonds. The molecular formula is C22H22N2OS. The molecule has 1 aliphatic rings. The Morgan fingerprint density at radius 1 is 0.923 bits per heavy atom. The van der Waals surface area contributed by atoms with Crippen molar-refractivity contribution >= 4 is 22.2 Å². The van der Waals surface area contributed by atoms with E-state index in [1.807, 2.05) is 30.3 Å². The van der Waals surface area contributed by atoms with E-state index in [9.17, 15) is 4.79 Å². The molecule has 132 valence electrons. The van der Waals surface area contributed by atoms with Gasteiger partial charge in [-0.2, -0.15) is 0 Å².